The molecule has 0 unspecified atom stereocenters. The number of sulfone groups is 2. The highest BCUT2D eigenvalue weighted by Crippen LogP contribution is 2.22. The monoisotopic (exact) mass is 498 g/mol. The molecule has 0 saturated carbocycles. The van der Waals surface area contributed by atoms with Crippen LogP contribution in [-0.2, 0) is 31.0 Å². The quantitative estimate of drug-likeness (QED) is 0.496. The lowest BCUT2D eigenvalue weighted by Crippen LogP contribution is -2.21. The van der Waals surface area contributed by atoms with Gasteiger partial charge in [-0.2, -0.15) is 16.8 Å². The summed E-state index contributed by atoms with van der Waals surface area (Å²) in [7, 11) is -7.19. The summed E-state index contributed by atoms with van der Waals surface area (Å²) in [6.45, 7) is 2.40. The van der Waals surface area contributed by atoms with Crippen LogP contribution in [-0.4, -0.2) is 51.3 Å². The van der Waals surface area contributed by atoms with Crippen LogP contribution in [0.4, 0.5) is 0 Å². The van der Waals surface area contributed by atoms with E-state index in [-0.39, 0.29) is 9.79 Å². The summed E-state index contributed by atoms with van der Waals surface area (Å²) in [5, 5.41) is 0. The molecule has 2 aromatic carbocycles. The zero-order valence-electron chi connectivity index (χ0n) is 17.2. The van der Waals surface area contributed by atoms with E-state index in [1.165, 1.54) is 18.2 Å². The number of thioether (sulfide) groups is 1. The molecule has 0 aliphatic rings. The first-order chi connectivity index (χ1) is 14.5. The predicted octanol–water partition coefficient (Wildman–Crippen LogP) is 2.68. The largest absolute Gasteiger partial charge is 0.316 e. The van der Waals surface area contributed by atoms with Crippen molar-refractivity contribution in [2.24, 2.45) is 4.99 Å². The summed E-state index contributed by atoms with van der Waals surface area (Å²) in [6.07, 6.45) is 3.08. The second-order valence-corrected chi connectivity index (χ2v) is 13.0. The van der Waals surface area contributed by atoms with Gasteiger partial charge in [-0.3, -0.25) is 4.79 Å². The van der Waals surface area contributed by atoms with Gasteiger partial charge in [0.15, 0.2) is 24.5 Å². The number of carbonyl (C=O) groups is 1. The first kappa shape index (κ1) is 23.7. The summed E-state index contributed by atoms with van der Waals surface area (Å²) in [5.41, 5.74) is 1.67. The van der Waals surface area contributed by atoms with Gasteiger partial charge in [0.25, 0.3) is 5.91 Å². The average molecular weight is 499 g/mol. The highest BCUT2D eigenvalue weighted by Gasteiger charge is 2.20. The Bertz CT molecular complexity index is 1400. The minimum Gasteiger partial charge on any atom is -0.316 e. The SMILES string of the molecule is CSCCn1c(=NC(=O)CS(=O)(=O)c2ccc(C)cc2)sc2cc(S(C)(=O)=O)ccc21. The van der Waals surface area contributed by atoms with Crippen molar-refractivity contribution in [3.8, 4) is 0 Å². The molecule has 166 valence electrons. The molecule has 31 heavy (non-hydrogen) atoms. The number of amides is 1. The number of carbonyl (C=O) groups excluding carboxylic acids is 1. The van der Waals surface area contributed by atoms with Crippen molar-refractivity contribution in [1.29, 1.82) is 0 Å². The molecule has 0 saturated heterocycles. The van der Waals surface area contributed by atoms with E-state index < -0.39 is 31.3 Å². The van der Waals surface area contributed by atoms with Gasteiger partial charge in [-0.15, -0.1) is 0 Å². The maximum absolute atomic E-state index is 12.6. The Morgan fingerprint density at radius 2 is 1.71 bits per heavy atom. The van der Waals surface area contributed by atoms with Crippen molar-refractivity contribution < 1.29 is 21.6 Å². The van der Waals surface area contributed by atoms with Crippen LogP contribution in [0.15, 0.2) is 57.2 Å². The molecule has 0 spiro atoms. The average Bonchev–Trinajstić information content (AvgIpc) is 3.01. The molecule has 7 nitrogen and oxygen atoms in total. The number of benzene rings is 2. The van der Waals surface area contributed by atoms with Gasteiger partial charge in [-0.1, -0.05) is 29.0 Å². The van der Waals surface area contributed by atoms with E-state index in [0.717, 1.165) is 34.4 Å². The molecule has 0 N–H and O–H groups in total. The van der Waals surface area contributed by atoms with Crippen molar-refractivity contribution in [3.63, 3.8) is 0 Å². The number of aromatic nitrogens is 1. The highest BCUT2D eigenvalue weighted by atomic mass is 32.2. The lowest BCUT2D eigenvalue weighted by Gasteiger charge is -2.05. The molecular weight excluding hydrogens is 476 g/mol. The van der Waals surface area contributed by atoms with Crippen LogP contribution in [0, 0.1) is 6.92 Å². The van der Waals surface area contributed by atoms with Crippen molar-refractivity contribution in [2.45, 2.75) is 23.3 Å². The third kappa shape index (κ3) is 5.65. The molecule has 1 aromatic heterocycles. The zero-order chi connectivity index (χ0) is 22.8. The van der Waals surface area contributed by atoms with Crippen LogP contribution >= 0.6 is 23.1 Å². The Kier molecular flexibility index (Phi) is 7.09. The molecule has 0 bridgehead atoms. The molecule has 0 aliphatic carbocycles. The molecule has 11 heteroatoms. The van der Waals surface area contributed by atoms with Gasteiger partial charge in [0.1, 0.15) is 5.75 Å². The number of hydrogen-bond acceptors (Lipinski definition) is 7. The lowest BCUT2D eigenvalue weighted by molar-refractivity contribution is -0.115. The maximum Gasteiger partial charge on any atom is 0.263 e. The Hall–Kier alpha value is -1.95. The number of nitrogens with zero attached hydrogens (tertiary/aromatic N) is 2. The van der Waals surface area contributed by atoms with E-state index in [9.17, 15) is 21.6 Å². The third-order valence-corrected chi connectivity index (χ3v) is 8.87. The minimum absolute atomic E-state index is 0.0750. The second-order valence-electron chi connectivity index (χ2n) is 7.01. The summed E-state index contributed by atoms with van der Waals surface area (Å²) < 4.78 is 51.4. The Balaban J connectivity index is 2.02. The molecule has 0 atom stereocenters. The van der Waals surface area contributed by atoms with Crippen molar-refractivity contribution in [2.75, 3.05) is 24.0 Å². The highest BCUT2D eigenvalue weighted by molar-refractivity contribution is 7.98. The summed E-state index contributed by atoms with van der Waals surface area (Å²) in [5.74, 6) is -0.752. The molecule has 3 aromatic rings. The zero-order valence-corrected chi connectivity index (χ0v) is 20.5. The normalized spacial score (nSPS) is 13.1. The summed E-state index contributed by atoms with van der Waals surface area (Å²) in [4.78, 5) is 17.2. The van der Waals surface area contributed by atoms with Gasteiger partial charge >= 0.3 is 0 Å². The topological polar surface area (TPSA) is 103 Å². The lowest BCUT2D eigenvalue weighted by atomic mass is 10.2. The summed E-state index contributed by atoms with van der Waals surface area (Å²) >= 11 is 2.78. The van der Waals surface area contributed by atoms with Crippen LogP contribution in [0.5, 0.6) is 0 Å². The molecule has 0 radical (unpaired) electrons. The van der Waals surface area contributed by atoms with E-state index in [0.29, 0.717) is 16.0 Å². The van der Waals surface area contributed by atoms with E-state index in [2.05, 4.69) is 4.99 Å². The van der Waals surface area contributed by atoms with Crippen LogP contribution in [0.3, 0.4) is 0 Å². The van der Waals surface area contributed by atoms with Crippen molar-refractivity contribution >= 4 is 58.9 Å². The van der Waals surface area contributed by atoms with E-state index in [4.69, 9.17) is 0 Å². The van der Waals surface area contributed by atoms with Crippen LogP contribution in [0.2, 0.25) is 0 Å². The fraction of sp³-hybridized carbons (Fsp3) is 0.300. The van der Waals surface area contributed by atoms with Gasteiger partial charge in [0.2, 0.25) is 0 Å². The molecule has 0 fully saturated rings. The van der Waals surface area contributed by atoms with Gasteiger partial charge in [0, 0.05) is 18.6 Å². The fourth-order valence-electron chi connectivity index (χ4n) is 2.90. The molecular formula is C20H22N2O5S4. The Morgan fingerprint density at radius 1 is 1.06 bits per heavy atom. The predicted molar refractivity (Wildman–Crippen MR) is 125 cm³/mol. The number of rotatable bonds is 7. The molecule has 1 heterocycles. The first-order valence-electron chi connectivity index (χ1n) is 9.20. The number of fused-ring (bicyclic) bond motifs is 1. The second kappa shape index (κ2) is 9.27. The number of hydrogen-bond donors (Lipinski definition) is 0. The molecule has 1 amide bonds. The van der Waals surface area contributed by atoms with Crippen LogP contribution in [0.1, 0.15) is 5.56 Å². The van der Waals surface area contributed by atoms with E-state index in [1.807, 2.05) is 17.7 Å². The molecule has 3 rings (SSSR count). The number of aryl methyl sites for hydroxylation is 2. The Labute approximate surface area is 189 Å². The van der Waals surface area contributed by atoms with Gasteiger partial charge in [-0.25, -0.2) is 16.8 Å². The van der Waals surface area contributed by atoms with Crippen molar-refractivity contribution in [3.05, 3.63) is 52.8 Å². The first-order valence-corrected chi connectivity index (χ1v) is 15.0. The summed E-state index contributed by atoms with van der Waals surface area (Å²) in [6, 6.07) is 11.1. The van der Waals surface area contributed by atoms with Crippen LogP contribution in [0.25, 0.3) is 10.2 Å². The van der Waals surface area contributed by atoms with Gasteiger partial charge in [-0.05, 0) is 43.5 Å². The van der Waals surface area contributed by atoms with Gasteiger partial charge in [0.05, 0.1) is 20.0 Å². The van der Waals surface area contributed by atoms with Crippen LogP contribution < -0.4 is 4.80 Å². The smallest absolute Gasteiger partial charge is 0.263 e. The molecule has 0 aliphatic heterocycles. The fourth-order valence-corrected chi connectivity index (χ4v) is 6.21. The van der Waals surface area contributed by atoms with Gasteiger partial charge < -0.3 is 4.57 Å². The van der Waals surface area contributed by atoms with E-state index in [1.54, 1.807) is 36.0 Å². The third-order valence-electron chi connectivity index (χ3n) is 4.52. The minimum atomic E-state index is -3.81. The number of thiazole rings is 1. The van der Waals surface area contributed by atoms with Crippen molar-refractivity contribution in [1.82, 2.24) is 4.57 Å². The standard InChI is InChI=1S/C20H22N2O5S4/c1-14-4-6-15(7-5-14)31(26,27)13-19(23)21-20-22(10-11-28-2)17-9-8-16(30(3,24)25)12-18(17)29-20/h4-9,12H,10-11,13H2,1-3H3. The maximum atomic E-state index is 12.6. The van der Waals surface area contributed by atoms with E-state index >= 15 is 0 Å². The Morgan fingerprint density at radius 3 is 2.32 bits per heavy atom.